The van der Waals surface area contributed by atoms with Crippen LogP contribution in [-0.4, -0.2) is 50.0 Å². The van der Waals surface area contributed by atoms with Gasteiger partial charge < -0.3 is 10.0 Å². The van der Waals surface area contributed by atoms with Crippen LogP contribution in [0.15, 0.2) is 0 Å². The van der Waals surface area contributed by atoms with E-state index in [1.165, 1.54) is 4.90 Å². The smallest absolute Gasteiger partial charge is 0.407 e. The molecule has 7 heteroatoms. The van der Waals surface area contributed by atoms with Gasteiger partial charge in [-0.05, 0) is 12.8 Å². The molecule has 0 aliphatic carbocycles. The van der Waals surface area contributed by atoms with Gasteiger partial charge in [-0.1, -0.05) is 0 Å². The summed E-state index contributed by atoms with van der Waals surface area (Å²) in [5, 5.41) is 8.68. The van der Waals surface area contributed by atoms with Gasteiger partial charge in [0.05, 0.1) is 18.9 Å². The van der Waals surface area contributed by atoms with E-state index in [9.17, 15) is 13.2 Å². The fourth-order valence-electron chi connectivity index (χ4n) is 1.44. The second-order valence-corrected chi connectivity index (χ2v) is 4.89. The Labute approximate surface area is 82.6 Å². The van der Waals surface area contributed by atoms with Crippen LogP contribution in [0.1, 0.15) is 12.8 Å². The molecule has 1 N–H and O–H groups in total. The van der Waals surface area contributed by atoms with Crippen molar-refractivity contribution in [1.29, 1.82) is 0 Å². The molecule has 0 aromatic rings. The highest BCUT2D eigenvalue weighted by Crippen LogP contribution is 2.14. The van der Waals surface area contributed by atoms with E-state index in [2.05, 4.69) is 0 Å². The highest BCUT2D eigenvalue weighted by molar-refractivity contribution is 7.86. The van der Waals surface area contributed by atoms with Gasteiger partial charge in [0.1, 0.15) is 0 Å². The molecular weight excluding hydrogens is 210 g/mol. The summed E-state index contributed by atoms with van der Waals surface area (Å²) in [5.41, 5.74) is 0. The van der Waals surface area contributed by atoms with Gasteiger partial charge in [-0.25, -0.2) is 4.79 Å². The molecule has 82 valence electrons. The van der Waals surface area contributed by atoms with E-state index in [-0.39, 0.29) is 6.54 Å². The average molecular weight is 223 g/mol. The zero-order valence-electron chi connectivity index (χ0n) is 7.84. The van der Waals surface area contributed by atoms with Crippen molar-refractivity contribution in [2.75, 3.05) is 19.3 Å². The van der Waals surface area contributed by atoms with E-state index in [1.807, 2.05) is 0 Å². The van der Waals surface area contributed by atoms with E-state index < -0.39 is 22.3 Å². The van der Waals surface area contributed by atoms with Crippen LogP contribution in [-0.2, 0) is 14.3 Å². The molecule has 14 heavy (non-hydrogen) atoms. The van der Waals surface area contributed by atoms with Crippen LogP contribution in [0, 0.1) is 0 Å². The molecule has 1 heterocycles. The van der Waals surface area contributed by atoms with Crippen LogP contribution in [0.25, 0.3) is 0 Å². The first-order chi connectivity index (χ1) is 6.38. The van der Waals surface area contributed by atoms with E-state index >= 15 is 0 Å². The Kier molecular flexibility index (Phi) is 3.33. The van der Waals surface area contributed by atoms with Crippen LogP contribution < -0.4 is 0 Å². The van der Waals surface area contributed by atoms with Crippen molar-refractivity contribution in [2.45, 2.75) is 18.9 Å². The third-order valence-electron chi connectivity index (χ3n) is 1.96. The number of amides is 1. The number of rotatable bonds is 2. The Hall–Kier alpha value is -0.820. The van der Waals surface area contributed by atoms with Gasteiger partial charge in [0.15, 0.2) is 0 Å². The lowest BCUT2D eigenvalue weighted by atomic mass is 10.1. The molecule has 0 saturated carbocycles. The standard InChI is InChI=1S/C7H13NO5S/c1-14(11,12)13-6-3-2-4-8(5-6)7(9)10/h6H,2-5H2,1H3,(H,9,10). The maximum atomic E-state index is 10.8. The Morgan fingerprint density at radius 2 is 2.21 bits per heavy atom. The van der Waals surface area contributed by atoms with Gasteiger partial charge in [-0.3, -0.25) is 4.18 Å². The topological polar surface area (TPSA) is 83.9 Å². The Balaban J connectivity index is 2.52. The normalized spacial score (nSPS) is 23.5. The van der Waals surface area contributed by atoms with Crippen molar-refractivity contribution < 1.29 is 22.5 Å². The molecule has 1 rings (SSSR count). The van der Waals surface area contributed by atoms with Crippen molar-refractivity contribution in [1.82, 2.24) is 4.90 Å². The predicted octanol–water partition coefficient (Wildman–Crippen LogP) is 0.105. The molecule has 1 unspecified atom stereocenters. The number of piperidine rings is 1. The van der Waals surface area contributed by atoms with Gasteiger partial charge >= 0.3 is 6.09 Å². The van der Waals surface area contributed by atoms with Crippen LogP contribution in [0.4, 0.5) is 4.79 Å². The summed E-state index contributed by atoms with van der Waals surface area (Å²) in [6.45, 7) is 0.571. The number of likely N-dealkylation sites (tertiary alicyclic amines) is 1. The third-order valence-corrected chi connectivity index (χ3v) is 2.58. The van der Waals surface area contributed by atoms with Gasteiger partial charge in [-0.2, -0.15) is 8.42 Å². The first-order valence-corrected chi connectivity index (χ1v) is 6.06. The van der Waals surface area contributed by atoms with Gasteiger partial charge in [-0.15, -0.1) is 0 Å². The third kappa shape index (κ3) is 3.51. The van der Waals surface area contributed by atoms with E-state index in [0.29, 0.717) is 19.4 Å². The Morgan fingerprint density at radius 3 is 2.71 bits per heavy atom. The van der Waals surface area contributed by atoms with E-state index in [0.717, 1.165) is 6.26 Å². The largest absolute Gasteiger partial charge is 0.465 e. The van der Waals surface area contributed by atoms with Crippen molar-refractivity contribution in [3.8, 4) is 0 Å². The van der Waals surface area contributed by atoms with Crippen molar-refractivity contribution in [2.24, 2.45) is 0 Å². The molecule has 0 bridgehead atoms. The number of hydrogen-bond donors (Lipinski definition) is 1. The fraction of sp³-hybridized carbons (Fsp3) is 0.857. The highest BCUT2D eigenvalue weighted by Gasteiger charge is 2.26. The zero-order valence-corrected chi connectivity index (χ0v) is 8.66. The zero-order chi connectivity index (χ0) is 10.8. The summed E-state index contributed by atoms with van der Waals surface area (Å²) in [5.74, 6) is 0. The molecule has 1 aliphatic rings. The highest BCUT2D eigenvalue weighted by atomic mass is 32.2. The summed E-state index contributed by atoms with van der Waals surface area (Å²) in [6, 6.07) is 0. The first-order valence-electron chi connectivity index (χ1n) is 4.24. The molecule has 0 aromatic heterocycles. The van der Waals surface area contributed by atoms with Gasteiger partial charge in [0.25, 0.3) is 10.1 Å². The quantitative estimate of drug-likeness (QED) is 0.671. The minimum Gasteiger partial charge on any atom is -0.465 e. The first kappa shape index (κ1) is 11.3. The van der Waals surface area contributed by atoms with Gasteiger partial charge in [0, 0.05) is 6.54 Å². The second-order valence-electron chi connectivity index (χ2n) is 3.29. The molecule has 0 radical (unpaired) electrons. The molecule has 1 atom stereocenters. The van der Waals surface area contributed by atoms with E-state index in [4.69, 9.17) is 9.29 Å². The molecule has 0 aromatic carbocycles. The molecule has 0 spiro atoms. The van der Waals surface area contributed by atoms with E-state index in [1.54, 1.807) is 0 Å². The van der Waals surface area contributed by atoms with Crippen molar-refractivity contribution in [3.63, 3.8) is 0 Å². The van der Waals surface area contributed by atoms with Crippen LogP contribution in [0.2, 0.25) is 0 Å². The number of nitrogens with zero attached hydrogens (tertiary/aromatic N) is 1. The molecule has 6 nitrogen and oxygen atoms in total. The summed E-state index contributed by atoms with van der Waals surface area (Å²) in [6.07, 6.45) is 0.609. The minimum atomic E-state index is -3.49. The van der Waals surface area contributed by atoms with Gasteiger partial charge in [0.2, 0.25) is 0 Å². The molecule has 1 aliphatic heterocycles. The lowest BCUT2D eigenvalue weighted by molar-refractivity contribution is 0.0828. The lowest BCUT2D eigenvalue weighted by Gasteiger charge is -2.29. The fourth-order valence-corrected chi connectivity index (χ4v) is 2.09. The monoisotopic (exact) mass is 223 g/mol. The molecular formula is C7H13NO5S. The second kappa shape index (κ2) is 4.14. The maximum absolute atomic E-state index is 10.8. The summed E-state index contributed by atoms with van der Waals surface area (Å²) in [7, 11) is -3.49. The maximum Gasteiger partial charge on any atom is 0.407 e. The Bertz CT molecular complexity index is 312. The molecule has 1 amide bonds. The summed E-state index contributed by atoms with van der Waals surface area (Å²) >= 11 is 0. The van der Waals surface area contributed by atoms with Crippen LogP contribution in [0.3, 0.4) is 0 Å². The minimum absolute atomic E-state index is 0.127. The molecule has 1 fully saturated rings. The number of carboxylic acid groups (broad SMARTS) is 1. The SMILES string of the molecule is CS(=O)(=O)OC1CCCN(C(=O)O)C1. The van der Waals surface area contributed by atoms with Crippen LogP contribution >= 0.6 is 0 Å². The number of hydrogen-bond acceptors (Lipinski definition) is 4. The van der Waals surface area contributed by atoms with Crippen LogP contribution in [0.5, 0.6) is 0 Å². The number of carbonyl (C=O) groups is 1. The van der Waals surface area contributed by atoms with Crippen molar-refractivity contribution in [3.05, 3.63) is 0 Å². The average Bonchev–Trinajstić information content (AvgIpc) is 2.01. The lowest BCUT2D eigenvalue weighted by Crippen LogP contribution is -2.43. The summed E-state index contributed by atoms with van der Waals surface area (Å²) in [4.78, 5) is 11.8. The summed E-state index contributed by atoms with van der Waals surface area (Å²) < 4.78 is 26.3. The predicted molar refractivity (Wildman–Crippen MR) is 48.5 cm³/mol. The molecule has 1 saturated heterocycles. The Morgan fingerprint density at radius 1 is 1.57 bits per heavy atom. The van der Waals surface area contributed by atoms with Crippen molar-refractivity contribution >= 4 is 16.2 Å².